The molecule has 0 radical (unpaired) electrons. The Kier molecular flexibility index (Phi) is 6.93. The average molecular weight is 400 g/mol. The highest BCUT2D eigenvalue weighted by molar-refractivity contribution is 6.32. The first-order valence-corrected chi connectivity index (χ1v) is 10.1. The molecule has 1 heterocycles. The highest BCUT2D eigenvalue weighted by Crippen LogP contribution is 2.24. The van der Waals surface area contributed by atoms with Crippen LogP contribution >= 0.6 is 11.6 Å². The molecule has 28 heavy (non-hydrogen) atoms. The van der Waals surface area contributed by atoms with Crippen LogP contribution in [-0.2, 0) is 11.3 Å². The lowest BCUT2D eigenvalue weighted by Gasteiger charge is -2.16. The number of aryl methyl sites for hydroxylation is 1. The zero-order valence-corrected chi connectivity index (χ0v) is 17.1. The maximum atomic E-state index is 11.8. The summed E-state index contributed by atoms with van der Waals surface area (Å²) in [5.41, 5.74) is 2.03. The van der Waals surface area contributed by atoms with Gasteiger partial charge < -0.3 is 14.6 Å². The molecule has 0 aliphatic carbocycles. The van der Waals surface area contributed by atoms with Crippen LogP contribution in [0.2, 0.25) is 5.02 Å². The minimum absolute atomic E-state index is 0.0271. The molecule has 1 N–H and O–H groups in total. The Hall–Kier alpha value is -2.53. The Morgan fingerprint density at radius 1 is 1.18 bits per heavy atom. The fraction of sp³-hybridized carbons (Fsp3) is 0.364. The van der Waals surface area contributed by atoms with Gasteiger partial charge in [0.25, 0.3) is 0 Å². The van der Waals surface area contributed by atoms with E-state index in [1.54, 1.807) is 0 Å². The number of benzene rings is 2. The van der Waals surface area contributed by atoms with E-state index in [1.165, 1.54) is 0 Å². The second-order valence-electron chi connectivity index (χ2n) is 6.74. The molecule has 5 nitrogen and oxygen atoms in total. The molecule has 3 aromatic rings. The Labute approximate surface area is 170 Å². The Balaban J connectivity index is 1.65. The normalized spacial score (nSPS) is 12.1. The fourth-order valence-corrected chi connectivity index (χ4v) is 3.37. The molecule has 1 unspecified atom stereocenters. The van der Waals surface area contributed by atoms with Crippen molar-refractivity contribution in [2.24, 2.45) is 0 Å². The average Bonchev–Trinajstić information content (AvgIpc) is 3.08. The van der Waals surface area contributed by atoms with Gasteiger partial charge in [-0.2, -0.15) is 0 Å². The number of unbranched alkanes of at least 4 members (excludes halogenated alkanes) is 1. The number of nitrogens with one attached hydrogen (secondary N) is 1. The van der Waals surface area contributed by atoms with Gasteiger partial charge in [-0.15, -0.1) is 0 Å². The Morgan fingerprint density at radius 2 is 1.93 bits per heavy atom. The third kappa shape index (κ3) is 4.84. The van der Waals surface area contributed by atoms with Crippen LogP contribution in [0.15, 0.2) is 48.5 Å². The van der Waals surface area contributed by atoms with Crippen LogP contribution in [0.3, 0.4) is 0 Å². The topological polar surface area (TPSA) is 56.2 Å². The summed E-state index contributed by atoms with van der Waals surface area (Å²) in [6.45, 7) is 5.25. The second kappa shape index (κ2) is 9.60. The monoisotopic (exact) mass is 399 g/mol. The lowest BCUT2D eigenvalue weighted by molar-refractivity contribution is -0.121. The first kappa shape index (κ1) is 20.2. The first-order chi connectivity index (χ1) is 13.6. The predicted octanol–water partition coefficient (Wildman–Crippen LogP) is 5.14. The van der Waals surface area contributed by atoms with Crippen LogP contribution < -0.4 is 10.1 Å². The third-order valence-corrected chi connectivity index (χ3v) is 4.95. The molecule has 0 spiro atoms. The van der Waals surface area contributed by atoms with Crippen molar-refractivity contribution in [3.63, 3.8) is 0 Å². The first-order valence-electron chi connectivity index (χ1n) is 9.72. The van der Waals surface area contributed by atoms with Gasteiger partial charge in [0, 0.05) is 13.0 Å². The predicted molar refractivity (Wildman–Crippen MR) is 113 cm³/mol. The molecule has 6 heteroatoms. The number of fused-ring (bicyclic) bond motifs is 1. The number of halogens is 1. The van der Waals surface area contributed by atoms with Crippen molar-refractivity contribution in [2.75, 3.05) is 6.61 Å². The number of amides is 1. The van der Waals surface area contributed by atoms with Crippen LogP contribution in [0, 0.1) is 0 Å². The summed E-state index contributed by atoms with van der Waals surface area (Å²) < 4.78 is 7.97. The smallest absolute Gasteiger partial charge is 0.220 e. The summed E-state index contributed by atoms with van der Waals surface area (Å²) in [6, 6.07) is 15.4. The summed E-state index contributed by atoms with van der Waals surface area (Å²) in [5.74, 6) is 1.63. The molecular weight excluding hydrogens is 374 g/mol. The van der Waals surface area contributed by atoms with Gasteiger partial charge >= 0.3 is 0 Å². The second-order valence-corrected chi connectivity index (χ2v) is 7.15. The molecule has 148 valence electrons. The van der Waals surface area contributed by atoms with E-state index in [9.17, 15) is 4.79 Å². The molecule has 3 rings (SSSR count). The molecule has 0 fully saturated rings. The van der Waals surface area contributed by atoms with Crippen molar-refractivity contribution in [1.82, 2.24) is 14.9 Å². The molecule has 0 aliphatic heterocycles. The van der Waals surface area contributed by atoms with Crippen LogP contribution in [0.4, 0.5) is 0 Å². The summed E-state index contributed by atoms with van der Waals surface area (Å²) >= 11 is 6.12. The van der Waals surface area contributed by atoms with E-state index < -0.39 is 0 Å². The number of nitrogens with zero attached hydrogens (tertiary/aromatic N) is 2. The highest BCUT2D eigenvalue weighted by Gasteiger charge is 2.17. The minimum atomic E-state index is -0.140. The van der Waals surface area contributed by atoms with Crippen molar-refractivity contribution in [1.29, 1.82) is 0 Å². The third-order valence-electron chi connectivity index (χ3n) is 4.64. The van der Waals surface area contributed by atoms with Gasteiger partial charge in [0.1, 0.15) is 11.6 Å². The lowest BCUT2D eigenvalue weighted by atomic mass is 10.2. The van der Waals surface area contributed by atoms with E-state index in [0.29, 0.717) is 23.8 Å². The van der Waals surface area contributed by atoms with Gasteiger partial charge in [0.15, 0.2) is 0 Å². The summed E-state index contributed by atoms with van der Waals surface area (Å²) in [6.07, 6.45) is 2.29. The lowest BCUT2D eigenvalue weighted by Crippen LogP contribution is -2.28. The van der Waals surface area contributed by atoms with Gasteiger partial charge in [-0.25, -0.2) is 4.98 Å². The standard InChI is InChI=1S/C22H26ClN3O2/c1-3-21(27)24-16(2)22-25-18-11-5-6-12-19(18)26(22)14-8-9-15-28-20-13-7-4-10-17(20)23/h4-7,10-13,16H,3,8-9,14-15H2,1-2H3,(H,24,27). The number of para-hydroxylation sites is 3. The molecule has 0 bridgehead atoms. The van der Waals surface area contributed by atoms with Crippen LogP contribution in [-0.4, -0.2) is 22.1 Å². The molecule has 1 aromatic heterocycles. The molecule has 0 saturated heterocycles. The van der Waals surface area contributed by atoms with Crippen molar-refractivity contribution in [3.8, 4) is 5.75 Å². The Bertz CT molecular complexity index is 938. The number of hydrogen-bond acceptors (Lipinski definition) is 3. The molecule has 1 atom stereocenters. The largest absolute Gasteiger partial charge is 0.492 e. The summed E-state index contributed by atoms with van der Waals surface area (Å²) in [5, 5.41) is 3.65. The van der Waals surface area contributed by atoms with E-state index in [0.717, 1.165) is 36.2 Å². The molecule has 0 aliphatic rings. The van der Waals surface area contributed by atoms with Crippen molar-refractivity contribution >= 4 is 28.5 Å². The number of aromatic nitrogens is 2. The van der Waals surface area contributed by atoms with Gasteiger partial charge in [-0.3, -0.25) is 4.79 Å². The highest BCUT2D eigenvalue weighted by atomic mass is 35.5. The van der Waals surface area contributed by atoms with Gasteiger partial charge in [-0.05, 0) is 44.0 Å². The number of hydrogen-bond donors (Lipinski definition) is 1. The van der Waals surface area contributed by atoms with Gasteiger partial charge in [-0.1, -0.05) is 42.8 Å². The maximum absolute atomic E-state index is 11.8. The van der Waals surface area contributed by atoms with E-state index in [-0.39, 0.29) is 11.9 Å². The minimum Gasteiger partial charge on any atom is -0.492 e. The van der Waals surface area contributed by atoms with Crippen molar-refractivity contribution in [2.45, 2.75) is 45.7 Å². The van der Waals surface area contributed by atoms with E-state index in [2.05, 4.69) is 16.0 Å². The van der Waals surface area contributed by atoms with E-state index >= 15 is 0 Å². The number of ether oxygens (including phenoxy) is 1. The fourth-order valence-electron chi connectivity index (χ4n) is 3.18. The summed E-state index contributed by atoms with van der Waals surface area (Å²) in [7, 11) is 0. The number of carbonyl (C=O) groups excluding carboxylic acids is 1. The SMILES string of the molecule is CCC(=O)NC(C)c1nc2ccccc2n1CCCCOc1ccccc1Cl. The quantitative estimate of drug-likeness (QED) is 0.507. The van der Waals surface area contributed by atoms with Crippen molar-refractivity contribution in [3.05, 3.63) is 59.4 Å². The molecule has 2 aromatic carbocycles. The zero-order chi connectivity index (χ0) is 19.9. The van der Waals surface area contributed by atoms with E-state index in [1.807, 2.05) is 56.3 Å². The van der Waals surface area contributed by atoms with Gasteiger partial charge in [0.2, 0.25) is 5.91 Å². The van der Waals surface area contributed by atoms with Gasteiger partial charge in [0.05, 0.1) is 28.7 Å². The molecular formula is C22H26ClN3O2. The Morgan fingerprint density at radius 3 is 2.71 bits per heavy atom. The maximum Gasteiger partial charge on any atom is 0.220 e. The van der Waals surface area contributed by atoms with Crippen LogP contribution in [0.25, 0.3) is 11.0 Å². The zero-order valence-electron chi connectivity index (χ0n) is 16.3. The number of imidazole rings is 1. The van der Waals surface area contributed by atoms with Crippen molar-refractivity contribution < 1.29 is 9.53 Å². The number of rotatable bonds is 9. The van der Waals surface area contributed by atoms with E-state index in [4.69, 9.17) is 21.3 Å². The van der Waals surface area contributed by atoms with Crippen LogP contribution in [0.1, 0.15) is 45.0 Å². The summed E-state index contributed by atoms with van der Waals surface area (Å²) in [4.78, 5) is 16.6. The van der Waals surface area contributed by atoms with Crippen LogP contribution in [0.5, 0.6) is 5.75 Å². The number of carbonyl (C=O) groups is 1. The molecule has 1 amide bonds. The molecule has 0 saturated carbocycles.